The zero-order valence-electron chi connectivity index (χ0n) is 4.30. The highest BCUT2D eigenvalue weighted by Crippen LogP contribution is 2.09. The van der Waals surface area contributed by atoms with E-state index in [4.69, 9.17) is 0 Å². The number of thiazole rings is 1. The average molecular weight is 147 g/mol. The third-order valence-corrected chi connectivity index (χ3v) is 2.20. The van der Waals surface area contributed by atoms with Crippen LogP contribution >= 0.6 is 23.1 Å². The summed E-state index contributed by atoms with van der Waals surface area (Å²) in [7, 11) is 0. The maximum atomic E-state index is 10.4. The van der Waals surface area contributed by atoms with Gasteiger partial charge in [0.15, 0.2) is 0 Å². The van der Waals surface area contributed by atoms with Crippen LogP contribution in [0.15, 0.2) is 15.2 Å². The smallest absolute Gasteiger partial charge is 0.305 e. The van der Waals surface area contributed by atoms with Gasteiger partial charge in [0.1, 0.15) is 0 Å². The molecule has 0 radical (unpaired) electrons. The van der Waals surface area contributed by atoms with E-state index in [9.17, 15) is 4.79 Å². The van der Waals surface area contributed by atoms with E-state index in [1.165, 1.54) is 11.3 Å². The molecule has 0 aliphatic heterocycles. The van der Waals surface area contributed by atoms with Gasteiger partial charge in [-0.25, -0.2) is 0 Å². The van der Waals surface area contributed by atoms with E-state index in [-0.39, 0.29) is 4.87 Å². The van der Waals surface area contributed by atoms with Crippen LogP contribution in [0.1, 0.15) is 0 Å². The molecule has 0 saturated carbocycles. The minimum Gasteiger partial charge on any atom is -0.307 e. The van der Waals surface area contributed by atoms with Crippen molar-refractivity contribution in [2.45, 2.75) is 5.03 Å². The van der Waals surface area contributed by atoms with E-state index in [1.54, 1.807) is 11.8 Å². The average Bonchev–Trinajstić information content (AvgIpc) is 2.14. The van der Waals surface area contributed by atoms with Gasteiger partial charge in [0.25, 0.3) is 0 Å². The number of hydrogen-bond acceptors (Lipinski definition) is 3. The van der Waals surface area contributed by atoms with Gasteiger partial charge in [0, 0.05) is 5.38 Å². The summed E-state index contributed by atoms with van der Waals surface area (Å²) in [4.78, 5) is 13.1. The van der Waals surface area contributed by atoms with Crippen molar-refractivity contribution in [3.05, 3.63) is 15.0 Å². The fraction of sp³-hybridized carbons (Fsp3) is 0.250. The lowest BCUT2D eigenvalue weighted by Crippen LogP contribution is -1.90. The molecule has 4 heteroatoms. The molecule has 1 aromatic heterocycles. The van der Waals surface area contributed by atoms with Crippen molar-refractivity contribution in [1.29, 1.82) is 0 Å². The SMILES string of the molecule is CSc1csc(=O)[nH]1. The van der Waals surface area contributed by atoms with Crippen molar-refractivity contribution in [2.75, 3.05) is 6.26 Å². The molecule has 44 valence electrons. The Morgan fingerprint density at radius 3 is 2.88 bits per heavy atom. The third kappa shape index (κ3) is 1.14. The number of nitrogens with one attached hydrogen (secondary N) is 1. The molecule has 1 N–H and O–H groups in total. The summed E-state index contributed by atoms with van der Waals surface area (Å²) in [6.07, 6.45) is 1.93. The molecular weight excluding hydrogens is 142 g/mol. The van der Waals surface area contributed by atoms with Gasteiger partial charge in [0.2, 0.25) is 0 Å². The van der Waals surface area contributed by atoms with E-state index in [1.807, 2.05) is 11.6 Å². The van der Waals surface area contributed by atoms with Crippen LogP contribution in [0.4, 0.5) is 0 Å². The van der Waals surface area contributed by atoms with Crippen molar-refractivity contribution in [1.82, 2.24) is 4.98 Å². The summed E-state index contributed by atoms with van der Waals surface area (Å²) in [6, 6.07) is 0. The molecule has 0 amide bonds. The Kier molecular flexibility index (Phi) is 1.75. The Labute approximate surface area is 54.9 Å². The van der Waals surface area contributed by atoms with E-state index in [2.05, 4.69) is 4.98 Å². The molecule has 0 spiro atoms. The largest absolute Gasteiger partial charge is 0.307 e. The van der Waals surface area contributed by atoms with Gasteiger partial charge in [-0.2, -0.15) is 0 Å². The van der Waals surface area contributed by atoms with Crippen LogP contribution < -0.4 is 4.87 Å². The fourth-order valence-electron chi connectivity index (χ4n) is 0.366. The Morgan fingerprint density at radius 1 is 1.88 bits per heavy atom. The molecule has 0 saturated heterocycles. The molecule has 1 rings (SSSR count). The maximum absolute atomic E-state index is 10.4. The summed E-state index contributed by atoms with van der Waals surface area (Å²) >= 11 is 2.74. The molecule has 1 heterocycles. The van der Waals surface area contributed by atoms with Crippen LogP contribution in [-0.4, -0.2) is 11.2 Å². The van der Waals surface area contributed by atoms with E-state index in [0.717, 1.165) is 5.03 Å². The quantitative estimate of drug-likeness (QED) is 0.605. The number of H-pyrrole nitrogens is 1. The minimum atomic E-state index is 0.0225. The van der Waals surface area contributed by atoms with Crippen LogP contribution in [0.2, 0.25) is 0 Å². The minimum absolute atomic E-state index is 0.0225. The fourth-order valence-corrected chi connectivity index (χ4v) is 1.60. The Balaban J connectivity index is 3.01. The van der Waals surface area contributed by atoms with E-state index >= 15 is 0 Å². The second-order valence-corrected chi connectivity index (χ2v) is 2.91. The van der Waals surface area contributed by atoms with Crippen molar-refractivity contribution < 1.29 is 0 Å². The number of hydrogen-bond donors (Lipinski definition) is 1. The zero-order valence-corrected chi connectivity index (χ0v) is 5.94. The van der Waals surface area contributed by atoms with Crippen LogP contribution in [0, 0.1) is 0 Å². The molecule has 0 bridgehead atoms. The van der Waals surface area contributed by atoms with Crippen molar-refractivity contribution in [3.63, 3.8) is 0 Å². The standard InChI is InChI=1S/C4H5NOS2/c1-7-3-2-8-4(6)5-3/h2H,1H3,(H,5,6). The molecule has 0 aromatic carbocycles. The van der Waals surface area contributed by atoms with Gasteiger partial charge in [-0.15, -0.1) is 11.8 Å². The first kappa shape index (κ1) is 5.91. The lowest BCUT2D eigenvalue weighted by atomic mass is 11.0. The van der Waals surface area contributed by atoms with Gasteiger partial charge < -0.3 is 4.98 Å². The van der Waals surface area contributed by atoms with Crippen molar-refractivity contribution in [3.8, 4) is 0 Å². The second kappa shape index (κ2) is 2.37. The van der Waals surface area contributed by atoms with Gasteiger partial charge in [0.05, 0.1) is 5.03 Å². The number of thioether (sulfide) groups is 1. The molecule has 8 heavy (non-hydrogen) atoms. The van der Waals surface area contributed by atoms with Crippen LogP contribution in [0.25, 0.3) is 0 Å². The molecule has 0 aliphatic carbocycles. The summed E-state index contributed by atoms with van der Waals surface area (Å²) < 4.78 is 0. The Hall–Kier alpha value is -0.220. The highest BCUT2D eigenvalue weighted by molar-refractivity contribution is 7.98. The van der Waals surface area contributed by atoms with Crippen molar-refractivity contribution >= 4 is 23.1 Å². The molecule has 0 aliphatic rings. The normalized spacial score (nSPS) is 9.62. The predicted octanol–water partition coefficient (Wildman–Crippen LogP) is 1.16. The first-order valence-electron chi connectivity index (χ1n) is 2.04. The second-order valence-electron chi connectivity index (χ2n) is 1.22. The van der Waals surface area contributed by atoms with E-state index in [0.29, 0.717) is 0 Å². The Morgan fingerprint density at radius 2 is 2.62 bits per heavy atom. The lowest BCUT2D eigenvalue weighted by Gasteiger charge is -1.79. The molecule has 0 fully saturated rings. The molecule has 2 nitrogen and oxygen atoms in total. The van der Waals surface area contributed by atoms with Gasteiger partial charge in [-0.1, -0.05) is 11.3 Å². The number of aromatic amines is 1. The summed E-state index contributed by atoms with van der Waals surface area (Å²) in [5, 5.41) is 2.76. The lowest BCUT2D eigenvalue weighted by molar-refractivity contribution is 1.16. The first-order valence-corrected chi connectivity index (χ1v) is 4.15. The maximum Gasteiger partial charge on any atom is 0.305 e. The summed E-state index contributed by atoms with van der Waals surface area (Å²) in [5.74, 6) is 0. The first-order chi connectivity index (χ1) is 3.83. The third-order valence-electron chi connectivity index (χ3n) is 0.718. The topological polar surface area (TPSA) is 32.9 Å². The predicted molar refractivity (Wildman–Crippen MR) is 36.7 cm³/mol. The summed E-state index contributed by atoms with van der Waals surface area (Å²) in [5.41, 5.74) is 0. The van der Waals surface area contributed by atoms with Gasteiger partial charge in [-0.05, 0) is 6.26 Å². The highest BCUT2D eigenvalue weighted by atomic mass is 32.2. The number of aromatic nitrogens is 1. The van der Waals surface area contributed by atoms with Gasteiger partial charge >= 0.3 is 4.87 Å². The van der Waals surface area contributed by atoms with Crippen LogP contribution in [0.3, 0.4) is 0 Å². The molecule has 0 atom stereocenters. The van der Waals surface area contributed by atoms with E-state index < -0.39 is 0 Å². The zero-order chi connectivity index (χ0) is 5.98. The van der Waals surface area contributed by atoms with Crippen molar-refractivity contribution in [2.24, 2.45) is 0 Å². The summed E-state index contributed by atoms with van der Waals surface area (Å²) in [6.45, 7) is 0. The van der Waals surface area contributed by atoms with Crippen LogP contribution in [0.5, 0.6) is 0 Å². The monoisotopic (exact) mass is 147 g/mol. The van der Waals surface area contributed by atoms with Gasteiger partial charge in [-0.3, -0.25) is 4.79 Å². The molecule has 1 aromatic rings. The Bertz CT molecular complexity index is 214. The van der Waals surface area contributed by atoms with Crippen LogP contribution in [-0.2, 0) is 0 Å². The molecule has 0 unspecified atom stereocenters. The highest BCUT2D eigenvalue weighted by Gasteiger charge is 1.89. The molecular formula is C4H5NOS2. The number of rotatable bonds is 1.